The summed E-state index contributed by atoms with van der Waals surface area (Å²) in [4.78, 5) is 15.2. The molecule has 0 N–H and O–H groups in total. The molecule has 1 aliphatic heterocycles. The number of hydrogen-bond acceptors (Lipinski definition) is 4. The molecule has 1 atom stereocenters. The van der Waals surface area contributed by atoms with Crippen LogP contribution in [0, 0.1) is 0 Å². The summed E-state index contributed by atoms with van der Waals surface area (Å²) in [5, 5.41) is 9.98. The molecule has 189 valence electrons. The van der Waals surface area contributed by atoms with Gasteiger partial charge in [-0.2, -0.15) is 0 Å². The molecule has 0 aliphatic carbocycles. The second-order valence-electron chi connectivity index (χ2n) is 8.74. The van der Waals surface area contributed by atoms with Crippen molar-refractivity contribution >= 4 is 11.7 Å². The van der Waals surface area contributed by atoms with Gasteiger partial charge in [0.1, 0.15) is 12.1 Å². The van der Waals surface area contributed by atoms with E-state index in [-0.39, 0.29) is 42.5 Å². The van der Waals surface area contributed by atoms with Crippen LogP contribution in [0.3, 0.4) is 0 Å². The van der Waals surface area contributed by atoms with Gasteiger partial charge in [-0.3, -0.25) is 4.79 Å². The smallest absolute Gasteiger partial charge is 0.196 e. The first-order valence-electron chi connectivity index (χ1n) is 11.8. The standard InChI is InChI=1S/C26H25NO.C5H8O2.Rh/c1-2-18-26(19-21-12-6-3-7-13-21)20-28-25(27-26)24(22-14-8-4-9-15-22)23-16-10-5-11-17-23;1-4(6)3-5(2)7;/h2-17,24H,1,18-20H2;3,6H,1-2H3;/p-1/b;4-3-;/t26-;;/m1../s1. The van der Waals surface area contributed by atoms with Crippen LogP contribution < -0.4 is 5.11 Å². The number of ketones is 1. The molecule has 4 rings (SSSR count). The number of ether oxygens (including phenoxy) is 1. The average Bonchev–Trinajstić information content (AvgIpc) is 3.24. The van der Waals surface area contributed by atoms with Gasteiger partial charge in [0.05, 0.1) is 5.92 Å². The fraction of sp³-hybridized carbons (Fsp3) is 0.226. The van der Waals surface area contributed by atoms with Gasteiger partial charge in [-0.1, -0.05) is 104 Å². The summed E-state index contributed by atoms with van der Waals surface area (Å²) in [6.45, 7) is 7.25. The van der Waals surface area contributed by atoms with Crippen LogP contribution in [0.4, 0.5) is 0 Å². The maximum atomic E-state index is 9.98. The number of hydrogen-bond donors (Lipinski definition) is 0. The summed E-state index contributed by atoms with van der Waals surface area (Å²) in [5.74, 6) is 0.431. The van der Waals surface area contributed by atoms with Crippen molar-refractivity contribution in [3.8, 4) is 0 Å². The Balaban J connectivity index is 0.000000503. The first-order valence-corrected chi connectivity index (χ1v) is 11.8. The van der Waals surface area contributed by atoms with Gasteiger partial charge in [0.2, 0.25) is 0 Å². The molecule has 0 spiro atoms. The van der Waals surface area contributed by atoms with Gasteiger partial charge in [-0.05, 0) is 36.1 Å². The first-order chi connectivity index (χ1) is 16.9. The Bertz CT molecular complexity index is 1120. The van der Waals surface area contributed by atoms with Crippen molar-refractivity contribution in [2.45, 2.75) is 38.1 Å². The molecule has 0 fully saturated rings. The van der Waals surface area contributed by atoms with Crippen molar-refractivity contribution in [3.63, 3.8) is 0 Å². The number of nitrogens with zero attached hydrogens (tertiary/aromatic N) is 1. The van der Waals surface area contributed by atoms with E-state index in [1.807, 2.05) is 24.3 Å². The van der Waals surface area contributed by atoms with E-state index in [0.717, 1.165) is 24.8 Å². The average molecular weight is 570 g/mol. The van der Waals surface area contributed by atoms with Crippen molar-refractivity contribution in [1.82, 2.24) is 0 Å². The van der Waals surface area contributed by atoms with E-state index >= 15 is 0 Å². The molecule has 0 saturated heterocycles. The molecule has 0 saturated carbocycles. The topological polar surface area (TPSA) is 61.7 Å². The minimum atomic E-state index is -0.291. The second-order valence-corrected chi connectivity index (χ2v) is 8.74. The number of carbonyl (C=O) groups is 1. The summed E-state index contributed by atoms with van der Waals surface area (Å²) in [6, 6.07) is 31.5. The Kier molecular flexibility index (Phi) is 11.5. The molecule has 0 unspecified atom stereocenters. The van der Waals surface area contributed by atoms with Crippen LogP contribution in [-0.4, -0.2) is 23.8 Å². The van der Waals surface area contributed by atoms with Gasteiger partial charge in [0.25, 0.3) is 0 Å². The number of carbonyl (C=O) groups excluding carboxylic acids is 1. The van der Waals surface area contributed by atoms with Crippen LogP contribution >= 0.6 is 0 Å². The zero-order valence-corrected chi connectivity index (χ0v) is 22.4. The van der Waals surface area contributed by atoms with E-state index in [1.54, 1.807) is 0 Å². The van der Waals surface area contributed by atoms with Gasteiger partial charge < -0.3 is 9.84 Å². The van der Waals surface area contributed by atoms with Crippen molar-refractivity contribution in [3.05, 3.63) is 132 Å². The number of allylic oxidation sites excluding steroid dienone is 2. The van der Waals surface area contributed by atoms with Crippen molar-refractivity contribution in [2.24, 2.45) is 4.99 Å². The Morgan fingerprint density at radius 2 is 1.47 bits per heavy atom. The van der Waals surface area contributed by atoms with Crippen LogP contribution in [0.1, 0.15) is 42.9 Å². The van der Waals surface area contributed by atoms with Crippen molar-refractivity contribution in [2.75, 3.05) is 6.61 Å². The normalized spacial score (nSPS) is 16.6. The third-order valence-electron chi connectivity index (χ3n) is 5.66. The van der Waals surface area contributed by atoms with Crippen LogP contribution in [0.25, 0.3) is 0 Å². The molecule has 3 aromatic carbocycles. The van der Waals surface area contributed by atoms with Gasteiger partial charge in [0, 0.05) is 25.9 Å². The molecule has 4 nitrogen and oxygen atoms in total. The minimum absolute atomic E-state index is 0. The number of rotatable bonds is 8. The molecule has 1 heterocycles. The predicted molar refractivity (Wildman–Crippen MR) is 140 cm³/mol. The molecule has 1 radical (unpaired) electrons. The molecule has 1 aliphatic rings. The Labute approximate surface area is 227 Å². The van der Waals surface area contributed by atoms with E-state index in [4.69, 9.17) is 9.73 Å². The minimum Gasteiger partial charge on any atom is -0.876 e. The van der Waals surface area contributed by atoms with E-state index in [9.17, 15) is 9.90 Å². The molecule has 3 aromatic rings. The molecule has 0 amide bonds. The SMILES string of the molecule is C=CC[C@@]1(Cc2ccccc2)COC(C(c2ccccc2)c2ccccc2)=N1.CC(=O)/C=C(/C)[O-].[Rh]. The summed E-state index contributed by atoms with van der Waals surface area (Å²) < 4.78 is 6.27. The fourth-order valence-corrected chi connectivity index (χ4v) is 4.22. The zero-order chi connectivity index (χ0) is 25.1. The van der Waals surface area contributed by atoms with Gasteiger partial charge in [0.15, 0.2) is 11.7 Å². The molecule has 36 heavy (non-hydrogen) atoms. The van der Waals surface area contributed by atoms with Crippen LogP contribution in [0.5, 0.6) is 0 Å². The van der Waals surface area contributed by atoms with Crippen LogP contribution in [-0.2, 0) is 35.4 Å². The van der Waals surface area contributed by atoms with Crippen molar-refractivity contribution in [1.29, 1.82) is 0 Å². The summed E-state index contributed by atoms with van der Waals surface area (Å²) in [7, 11) is 0. The van der Waals surface area contributed by atoms with Crippen LogP contribution in [0.15, 0.2) is 120 Å². The predicted octanol–water partition coefficient (Wildman–Crippen LogP) is 5.64. The third-order valence-corrected chi connectivity index (χ3v) is 5.66. The summed E-state index contributed by atoms with van der Waals surface area (Å²) in [6.07, 6.45) is 4.65. The zero-order valence-electron chi connectivity index (χ0n) is 20.7. The molecule has 5 heteroatoms. The Morgan fingerprint density at radius 3 is 1.89 bits per heavy atom. The summed E-state index contributed by atoms with van der Waals surface area (Å²) >= 11 is 0. The second kappa shape index (κ2) is 14.3. The Morgan fingerprint density at radius 1 is 0.972 bits per heavy atom. The van der Waals surface area contributed by atoms with E-state index in [2.05, 4.69) is 79.4 Å². The maximum absolute atomic E-state index is 9.98. The van der Waals surface area contributed by atoms with Crippen LogP contribution in [0.2, 0.25) is 0 Å². The number of aliphatic imine (C=N–C) groups is 1. The quantitative estimate of drug-likeness (QED) is 0.153. The number of benzene rings is 3. The molecular weight excluding hydrogens is 537 g/mol. The fourth-order valence-electron chi connectivity index (χ4n) is 4.22. The van der Waals surface area contributed by atoms with Gasteiger partial charge in [-0.25, -0.2) is 4.99 Å². The third kappa shape index (κ3) is 8.43. The first kappa shape index (κ1) is 28.9. The molecular formula is C31H32NO3Rh-. The summed E-state index contributed by atoms with van der Waals surface area (Å²) in [5.41, 5.74) is 3.37. The van der Waals surface area contributed by atoms with Gasteiger partial charge >= 0.3 is 0 Å². The van der Waals surface area contributed by atoms with E-state index in [0.29, 0.717) is 6.61 Å². The maximum Gasteiger partial charge on any atom is 0.196 e. The van der Waals surface area contributed by atoms with Gasteiger partial charge in [-0.15, -0.1) is 12.3 Å². The van der Waals surface area contributed by atoms with Crippen molar-refractivity contribution < 1.29 is 34.1 Å². The monoisotopic (exact) mass is 569 g/mol. The van der Waals surface area contributed by atoms with E-state index in [1.165, 1.54) is 30.5 Å². The molecule has 0 bridgehead atoms. The Hall–Kier alpha value is -3.30. The largest absolute Gasteiger partial charge is 0.876 e. The molecule has 0 aromatic heterocycles. The van der Waals surface area contributed by atoms with E-state index < -0.39 is 0 Å².